The number of para-hydroxylation sites is 1. The molecule has 1 aliphatic rings. The molecule has 0 aliphatic carbocycles. The van der Waals surface area contributed by atoms with Crippen molar-refractivity contribution in [3.8, 4) is 11.5 Å². The van der Waals surface area contributed by atoms with Gasteiger partial charge in [0.15, 0.2) is 11.7 Å². The van der Waals surface area contributed by atoms with Crippen molar-refractivity contribution in [3.05, 3.63) is 48.5 Å². The lowest BCUT2D eigenvalue weighted by Gasteiger charge is -2.15. The van der Waals surface area contributed by atoms with Gasteiger partial charge in [0.1, 0.15) is 5.75 Å². The van der Waals surface area contributed by atoms with E-state index in [9.17, 15) is 8.42 Å². The van der Waals surface area contributed by atoms with E-state index in [1.165, 1.54) is 0 Å². The molecule has 0 unspecified atom stereocenters. The third kappa shape index (κ3) is 4.39. The first kappa shape index (κ1) is 16.1. The zero-order valence-corrected chi connectivity index (χ0v) is 13.9. The number of ether oxygens (including phenoxy) is 1. The maximum absolute atomic E-state index is 11.4. The highest BCUT2D eigenvalue weighted by atomic mass is 32.2. The van der Waals surface area contributed by atoms with Gasteiger partial charge in [-0.05, 0) is 30.3 Å². The number of hydrogen-bond donors (Lipinski definition) is 3. The maximum Gasteiger partial charge on any atom is 0.229 e. The number of benzene rings is 2. The Kier molecular flexibility index (Phi) is 4.57. The van der Waals surface area contributed by atoms with Crippen molar-refractivity contribution in [3.63, 3.8) is 0 Å². The summed E-state index contributed by atoms with van der Waals surface area (Å²) in [5, 5.41) is 6.24. The van der Waals surface area contributed by atoms with Gasteiger partial charge in [0.2, 0.25) is 10.0 Å². The summed E-state index contributed by atoms with van der Waals surface area (Å²) in [5.41, 5.74) is 1.06. The number of nitrogens with one attached hydrogen (secondary N) is 3. The normalized spacial score (nSPS) is 13.8. The molecule has 3 N–H and O–H groups in total. The van der Waals surface area contributed by atoms with E-state index in [-0.39, 0.29) is 0 Å². The number of nitrogens with zero attached hydrogens (tertiary/aromatic N) is 1. The van der Waals surface area contributed by atoms with Crippen LogP contribution in [0.15, 0.2) is 53.5 Å². The minimum absolute atomic E-state index is 0.444. The van der Waals surface area contributed by atoms with Crippen LogP contribution in [0, 0.1) is 0 Å². The Bertz CT molecular complexity index is 851. The van der Waals surface area contributed by atoms with E-state index in [2.05, 4.69) is 20.3 Å². The highest BCUT2D eigenvalue weighted by Crippen LogP contribution is 2.32. The average Bonchev–Trinajstić information content (AvgIpc) is 3.02. The summed E-state index contributed by atoms with van der Waals surface area (Å²) in [6, 6.07) is 14.4. The van der Waals surface area contributed by atoms with Crippen molar-refractivity contribution in [2.24, 2.45) is 4.99 Å². The van der Waals surface area contributed by atoms with Crippen LogP contribution in [0.1, 0.15) is 0 Å². The highest BCUT2D eigenvalue weighted by molar-refractivity contribution is 7.92. The van der Waals surface area contributed by atoms with E-state index in [4.69, 9.17) is 4.74 Å². The molecule has 2 aromatic rings. The summed E-state index contributed by atoms with van der Waals surface area (Å²) in [6.07, 6.45) is 1.11. The van der Waals surface area contributed by atoms with Gasteiger partial charge in [0.05, 0.1) is 24.2 Å². The number of rotatable bonds is 5. The number of hydrogen-bond acceptors (Lipinski definition) is 6. The third-order valence-electron chi connectivity index (χ3n) is 3.18. The lowest BCUT2D eigenvalue weighted by atomic mass is 10.2. The minimum atomic E-state index is -3.36. The second-order valence-electron chi connectivity index (χ2n) is 5.28. The van der Waals surface area contributed by atoms with Gasteiger partial charge in [-0.25, -0.2) is 8.42 Å². The van der Waals surface area contributed by atoms with Crippen molar-refractivity contribution in [2.45, 2.75) is 0 Å². The molecular formula is C16H18N4O3S. The predicted octanol–water partition coefficient (Wildman–Crippen LogP) is 2.22. The van der Waals surface area contributed by atoms with E-state index in [1.807, 2.05) is 30.3 Å². The van der Waals surface area contributed by atoms with Gasteiger partial charge >= 0.3 is 0 Å². The SMILES string of the molecule is CS(=O)(=O)Nc1ccc(Oc2ccccc2)c(NC2=NCCN2)c1. The second-order valence-corrected chi connectivity index (χ2v) is 7.03. The van der Waals surface area contributed by atoms with Gasteiger partial charge in [-0.3, -0.25) is 9.71 Å². The van der Waals surface area contributed by atoms with Crippen LogP contribution < -0.4 is 20.1 Å². The van der Waals surface area contributed by atoms with E-state index >= 15 is 0 Å². The molecule has 0 amide bonds. The lowest BCUT2D eigenvalue weighted by molar-refractivity contribution is 0.485. The molecule has 0 fully saturated rings. The van der Waals surface area contributed by atoms with Crippen molar-refractivity contribution in [1.29, 1.82) is 0 Å². The molecule has 0 atom stereocenters. The Labute approximate surface area is 140 Å². The highest BCUT2D eigenvalue weighted by Gasteiger charge is 2.12. The zero-order valence-electron chi connectivity index (χ0n) is 13.1. The van der Waals surface area contributed by atoms with E-state index in [0.29, 0.717) is 35.4 Å². The first-order chi connectivity index (χ1) is 11.5. The smallest absolute Gasteiger partial charge is 0.229 e. The summed E-state index contributed by atoms with van der Waals surface area (Å²) < 4.78 is 31.2. The van der Waals surface area contributed by atoms with Crippen molar-refractivity contribution in [2.75, 3.05) is 29.4 Å². The second kappa shape index (κ2) is 6.79. The molecule has 0 aromatic heterocycles. The molecule has 0 bridgehead atoms. The Morgan fingerprint density at radius 1 is 1.17 bits per heavy atom. The topological polar surface area (TPSA) is 91.8 Å². The fourth-order valence-electron chi connectivity index (χ4n) is 2.22. The molecule has 126 valence electrons. The number of aliphatic imine (C=N–C) groups is 1. The Hall–Kier alpha value is -2.74. The van der Waals surface area contributed by atoms with Gasteiger partial charge in [-0.1, -0.05) is 18.2 Å². The van der Waals surface area contributed by atoms with Crippen LogP contribution in [0.4, 0.5) is 11.4 Å². The average molecular weight is 346 g/mol. The Morgan fingerprint density at radius 3 is 2.62 bits per heavy atom. The van der Waals surface area contributed by atoms with Crippen LogP contribution in [0.2, 0.25) is 0 Å². The summed E-state index contributed by atoms with van der Waals surface area (Å²) in [6.45, 7) is 1.46. The van der Waals surface area contributed by atoms with Gasteiger partial charge in [0, 0.05) is 6.54 Å². The van der Waals surface area contributed by atoms with Crippen LogP contribution >= 0.6 is 0 Å². The van der Waals surface area contributed by atoms with Gasteiger partial charge in [-0.15, -0.1) is 0 Å². The van der Waals surface area contributed by atoms with Crippen LogP contribution in [-0.2, 0) is 10.0 Å². The first-order valence-corrected chi connectivity index (χ1v) is 9.29. The molecule has 1 heterocycles. The van der Waals surface area contributed by atoms with E-state index in [1.54, 1.807) is 18.2 Å². The van der Waals surface area contributed by atoms with E-state index in [0.717, 1.165) is 12.8 Å². The first-order valence-electron chi connectivity index (χ1n) is 7.40. The molecule has 2 aromatic carbocycles. The van der Waals surface area contributed by atoms with E-state index < -0.39 is 10.0 Å². The Morgan fingerprint density at radius 2 is 1.96 bits per heavy atom. The summed E-state index contributed by atoms with van der Waals surface area (Å²) in [5.74, 6) is 1.88. The van der Waals surface area contributed by atoms with Crippen LogP contribution in [0.5, 0.6) is 11.5 Å². The molecule has 3 rings (SSSR count). The number of anilines is 2. The molecule has 24 heavy (non-hydrogen) atoms. The molecule has 0 saturated heterocycles. The quantitative estimate of drug-likeness (QED) is 0.772. The van der Waals surface area contributed by atoms with Gasteiger partial charge in [0.25, 0.3) is 0 Å². The molecule has 7 nitrogen and oxygen atoms in total. The number of sulfonamides is 1. The standard InChI is InChI=1S/C16H18N4O3S/c1-24(21,22)20-12-7-8-15(23-13-5-3-2-4-6-13)14(11-12)19-16-17-9-10-18-16/h2-8,11,20H,9-10H2,1H3,(H2,17,18,19). The largest absolute Gasteiger partial charge is 0.455 e. The molecule has 8 heteroatoms. The van der Waals surface area contributed by atoms with Crippen molar-refractivity contribution >= 4 is 27.4 Å². The van der Waals surface area contributed by atoms with Crippen molar-refractivity contribution < 1.29 is 13.2 Å². The molecule has 0 spiro atoms. The number of guanidine groups is 1. The Balaban J connectivity index is 1.90. The zero-order chi connectivity index (χ0) is 17.0. The van der Waals surface area contributed by atoms with Crippen LogP contribution in [0.25, 0.3) is 0 Å². The van der Waals surface area contributed by atoms with Crippen LogP contribution in [0.3, 0.4) is 0 Å². The molecule has 1 aliphatic heterocycles. The fraction of sp³-hybridized carbons (Fsp3) is 0.188. The minimum Gasteiger partial charge on any atom is -0.455 e. The van der Waals surface area contributed by atoms with Crippen LogP contribution in [-0.4, -0.2) is 33.7 Å². The molecule has 0 radical (unpaired) electrons. The third-order valence-corrected chi connectivity index (χ3v) is 3.79. The summed E-state index contributed by atoms with van der Waals surface area (Å²) >= 11 is 0. The molecular weight excluding hydrogens is 328 g/mol. The predicted molar refractivity (Wildman–Crippen MR) is 95.4 cm³/mol. The van der Waals surface area contributed by atoms with Gasteiger partial charge < -0.3 is 15.4 Å². The molecule has 0 saturated carbocycles. The van der Waals surface area contributed by atoms with Gasteiger partial charge in [-0.2, -0.15) is 0 Å². The van der Waals surface area contributed by atoms with Crippen molar-refractivity contribution in [1.82, 2.24) is 5.32 Å². The monoisotopic (exact) mass is 346 g/mol. The summed E-state index contributed by atoms with van der Waals surface area (Å²) in [4.78, 5) is 4.28. The maximum atomic E-state index is 11.4. The lowest BCUT2D eigenvalue weighted by Crippen LogP contribution is -2.26. The summed E-state index contributed by atoms with van der Waals surface area (Å²) in [7, 11) is -3.36. The fourth-order valence-corrected chi connectivity index (χ4v) is 2.77.